The highest BCUT2D eigenvalue weighted by Gasteiger charge is 2.17. The zero-order valence-corrected chi connectivity index (χ0v) is 10.8. The van der Waals surface area contributed by atoms with Gasteiger partial charge in [0.1, 0.15) is 0 Å². The van der Waals surface area contributed by atoms with Gasteiger partial charge >= 0.3 is 5.97 Å². The van der Waals surface area contributed by atoms with Crippen molar-refractivity contribution in [2.45, 2.75) is 39.5 Å². The van der Waals surface area contributed by atoms with Gasteiger partial charge in [-0.25, -0.2) is 4.79 Å². The molecule has 0 aliphatic rings. The smallest absolute Gasteiger partial charge is 0.328 e. The molecule has 18 heavy (non-hydrogen) atoms. The van der Waals surface area contributed by atoms with Crippen LogP contribution < -0.4 is 0 Å². The quantitative estimate of drug-likeness (QED) is 0.389. The Bertz CT molecular complexity index is 315. The average molecular weight is 256 g/mol. The number of nitroso groups, excluding NO2 is 1. The van der Waals surface area contributed by atoms with E-state index in [2.05, 4.69) is 12.2 Å². The molecule has 1 N–H and O–H groups in total. The lowest BCUT2D eigenvalue weighted by molar-refractivity contribution is -0.132. The standard InChI is InChI=1S/C12H20N2O4/c1-3-5-6-10(4-2)9-14(13-18)11(15)7-8-12(16)17/h7-8,10H,3-6,9H2,1-2H3,(H,16,17). The van der Waals surface area contributed by atoms with Gasteiger partial charge in [0, 0.05) is 12.2 Å². The van der Waals surface area contributed by atoms with Crippen LogP contribution >= 0.6 is 0 Å². The number of aliphatic carboxylic acids is 1. The summed E-state index contributed by atoms with van der Waals surface area (Å²) in [5, 5.41) is 11.8. The van der Waals surface area contributed by atoms with Crippen LogP contribution in [0.15, 0.2) is 17.4 Å². The lowest BCUT2D eigenvalue weighted by Gasteiger charge is -2.19. The summed E-state index contributed by atoms with van der Waals surface area (Å²) in [6.07, 6.45) is 5.41. The monoisotopic (exact) mass is 256 g/mol. The third-order valence-corrected chi connectivity index (χ3v) is 2.70. The van der Waals surface area contributed by atoms with Crippen LogP contribution in [0.4, 0.5) is 0 Å². The summed E-state index contributed by atoms with van der Waals surface area (Å²) in [6, 6.07) is 0. The zero-order chi connectivity index (χ0) is 14.0. The van der Waals surface area contributed by atoms with Gasteiger partial charge in [-0.2, -0.15) is 5.01 Å². The van der Waals surface area contributed by atoms with E-state index in [1.165, 1.54) is 0 Å². The highest BCUT2D eigenvalue weighted by atomic mass is 16.4. The largest absolute Gasteiger partial charge is 0.478 e. The highest BCUT2D eigenvalue weighted by molar-refractivity contribution is 5.93. The Hall–Kier alpha value is -1.72. The van der Waals surface area contributed by atoms with E-state index < -0.39 is 11.9 Å². The molecule has 0 spiro atoms. The topological polar surface area (TPSA) is 87.0 Å². The maximum Gasteiger partial charge on any atom is 0.328 e. The Kier molecular flexibility index (Phi) is 8.43. The Morgan fingerprint density at radius 3 is 2.44 bits per heavy atom. The van der Waals surface area contributed by atoms with Crippen LogP contribution in [0.2, 0.25) is 0 Å². The van der Waals surface area contributed by atoms with Crippen molar-refractivity contribution in [2.75, 3.05) is 6.54 Å². The highest BCUT2D eigenvalue weighted by Crippen LogP contribution is 2.14. The number of carbonyl (C=O) groups excluding carboxylic acids is 1. The van der Waals surface area contributed by atoms with E-state index in [1.54, 1.807) is 0 Å². The minimum Gasteiger partial charge on any atom is -0.478 e. The molecule has 0 aliphatic carbocycles. The van der Waals surface area contributed by atoms with E-state index in [-0.39, 0.29) is 12.5 Å². The first-order valence-corrected chi connectivity index (χ1v) is 6.10. The summed E-state index contributed by atoms with van der Waals surface area (Å²) < 4.78 is 0. The number of amides is 1. The summed E-state index contributed by atoms with van der Waals surface area (Å²) in [4.78, 5) is 32.3. The van der Waals surface area contributed by atoms with Crippen LogP contribution in [-0.2, 0) is 9.59 Å². The summed E-state index contributed by atoms with van der Waals surface area (Å²) in [5.74, 6) is -1.71. The molecule has 1 atom stereocenters. The van der Waals surface area contributed by atoms with Gasteiger partial charge in [0.25, 0.3) is 5.91 Å². The van der Waals surface area contributed by atoms with E-state index in [9.17, 15) is 14.5 Å². The molecule has 0 aliphatic heterocycles. The molecule has 6 nitrogen and oxygen atoms in total. The molecule has 102 valence electrons. The predicted molar refractivity (Wildman–Crippen MR) is 67.6 cm³/mol. The van der Waals surface area contributed by atoms with Crippen LogP contribution in [0, 0.1) is 10.8 Å². The SMILES string of the molecule is CCCCC(CC)CN(N=O)C(=O)C=CC(=O)O. The lowest BCUT2D eigenvalue weighted by Crippen LogP contribution is -2.29. The zero-order valence-electron chi connectivity index (χ0n) is 10.8. The number of hydrogen-bond donors (Lipinski definition) is 1. The van der Waals surface area contributed by atoms with E-state index in [4.69, 9.17) is 5.11 Å². The van der Waals surface area contributed by atoms with E-state index in [1.807, 2.05) is 6.92 Å². The number of rotatable bonds is 9. The third-order valence-electron chi connectivity index (χ3n) is 2.70. The second-order valence-corrected chi connectivity index (χ2v) is 4.09. The van der Waals surface area contributed by atoms with Gasteiger partial charge < -0.3 is 5.11 Å². The van der Waals surface area contributed by atoms with Gasteiger partial charge in [-0.05, 0) is 12.3 Å². The van der Waals surface area contributed by atoms with Crippen molar-refractivity contribution < 1.29 is 14.7 Å². The van der Waals surface area contributed by atoms with Crippen molar-refractivity contribution in [1.82, 2.24) is 5.01 Å². The Morgan fingerprint density at radius 1 is 1.33 bits per heavy atom. The molecular formula is C12H20N2O4. The molecule has 0 aromatic heterocycles. The van der Waals surface area contributed by atoms with Gasteiger partial charge in [0.05, 0.1) is 11.8 Å². The number of carboxylic acids is 1. The Balaban J connectivity index is 4.43. The molecule has 0 bridgehead atoms. The summed E-state index contributed by atoms with van der Waals surface area (Å²) in [6.45, 7) is 4.30. The summed E-state index contributed by atoms with van der Waals surface area (Å²) >= 11 is 0. The molecular weight excluding hydrogens is 236 g/mol. The number of unbranched alkanes of at least 4 members (excludes halogenated alkanes) is 1. The van der Waals surface area contributed by atoms with Crippen LogP contribution in [0.25, 0.3) is 0 Å². The second-order valence-electron chi connectivity index (χ2n) is 4.09. The fourth-order valence-electron chi connectivity index (χ4n) is 1.55. The molecule has 0 fully saturated rings. The molecule has 0 aromatic rings. The van der Waals surface area contributed by atoms with Gasteiger partial charge in [0.15, 0.2) is 0 Å². The van der Waals surface area contributed by atoms with Crippen LogP contribution in [0.1, 0.15) is 39.5 Å². The van der Waals surface area contributed by atoms with Crippen molar-refractivity contribution in [1.29, 1.82) is 0 Å². The average Bonchev–Trinajstić information content (AvgIpc) is 2.36. The van der Waals surface area contributed by atoms with Crippen molar-refractivity contribution >= 4 is 11.9 Å². The van der Waals surface area contributed by atoms with Gasteiger partial charge in [-0.1, -0.05) is 33.1 Å². The fraction of sp³-hybridized carbons (Fsp3) is 0.667. The predicted octanol–water partition coefficient (Wildman–Crippen LogP) is 2.35. The molecule has 1 amide bonds. The van der Waals surface area contributed by atoms with Crippen molar-refractivity contribution in [3.8, 4) is 0 Å². The van der Waals surface area contributed by atoms with Crippen molar-refractivity contribution in [3.63, 3.8) is 0 Å². The summed E-state index contributed by atoms with van der Waals surface area (Å²) in [5.41, 5.74) is 0. The maximum atomic E-state index is 11.5. The molecule has 0 saturated carbocycles. The molecule has 1 unspecified atom stereocenters. The van der Waals surface area contributed by atoms with E-state index in [0.29, 0.717) is 6.08 Å². The second kappa shape index (κ2) is 9.32. The first kappa shape index (κ1) is 16.3. The Labute approximate surface area is 107 Å². The van der Waals surface area contributed by atoms with Gasteiger partial charge in [-0.3, -0.25) is 4.79 Å². The molecule has 0 heterocycles. The first-order valence-electron chi connectivity index (χ1n) is 6.10. The summed E-state index contributed by atoms with van der Waals surface area (Å²) in [7, 11) is 0. The van der Waals surface area contributed by atoms with Crippen molar-refractivity contribution in [3.05, 3.63) is 17.1 Å². The maximum absolute atomic E-state index is 11.5. The molecule has 0 radical (unpaired) electrons. The molecule has 0 aromatic carbocycles. The number of carbonyl (C=O) groups is 2. The number of hydrogen-bond acceptors (Lipinski definition) is 4. The van der Waals surface area contributed by atoms with E-state index >= 15 is 0 Å². The van der Waals surface area contributed by atoms with Gasteiger partial charge in [-0.15, -0.1) is 4.91 Å². The van der Waals surface area contributed by atoms with E-state index in [0.717, 1.165) is 36.8 Å². The molecule has 0 rings (SSSR count). The van der Waals surface area contributed by atoms with Crippen LogP contribution in [0.5, 0.6) is 0 Å². The number of nitrogens with zero attached hydrogens (tertiary/aromatic N) is 2. The van der Waals surface area contributed by atoms with Crippen LogP contribution in [-0.4, -0.2) is 28.5 Å². The minimum atomic E-state index is -1.23. The third kappa shape index (κ3) is 6.78. The molecule has 0 saturated heterocycles. The Morgan fingerprint density at radius 2 is 2.00 bits per heavy atom. The lowest BCUT2D eigenvalue weighted by atomic mass is 9.99. The molecule has 6 heteroatoms. The minimum absolute atomic E-state index is 0.213. The number of carboxylic acid groups (broad SMARTS) is 1. The normalized spacial score (nSPS) is 12.3. The first-order chi connectivity index (χ1) is 8.54. The van der Waals surface area contributed by atoms with Crippen LogP contribution in [0.3, 0.4) is 0 Å². The van der Waals surface area contributed by atoms with Gasteiger partial charge in [0.2, 0.25) is 0 Å². The fourth-order valence-corrected chi connectivity index (χ4v) is 1.55. The van der Waals surface area contributed by atoms with Crippen molar-refractivity contribution in [2.24, 2.45) is 11.2 Å².